The monoisotopic (exact) mass is 245 g/mol. The first-order valence-corrected chi connectivity index (χ1v) is 6.39. The Morgan fingerprint density at radius 1 is 0.789 bits per heavy atom. The van der Waals surface area contributed by atoms with E-state index in [9.17, 15) is 0 Å². The molecule has 0 aliphatic heterocycles. The summed E-state index contributed by atoms with van der Waals surface area (Å²) in [5.41, 5.74) is 3.75. The van der Waals surface area contributed by atoms with E-state index >= 15 is 0 Å². The van der Waals surface area contributed by atoms with E-state index in [0.29, 0.717) is 5.71 Å². The van der Waals surface area contributed by atoms with Crippen molar-refractivity contribution in [3.8, 4) is 0 Å². The second kappa shape index (κ2) is 4.69. The third-order valence-corrected chi connectivity index (χ3v) is 3.40. The van der Waals surface area contributed by atoms with E-state index < -0.39 is 0 Å². The van der Waals surface area contributed by atoms with E-state index in [1.54, 1.807) is 0 Å². The molecule has 0 radical (unpaired) electrons. The van der Waals surface area contributed by atoms with Crippen LogP contribution in [0.4, 0.5) is 0 Å². The molecule has 1 nitrogen and oxygen atoms in total. The predicted octanol–water partition coefficient (Wildman–Crippen LogP) is 4.56. The highest BCUT2D eigenvalue weighted by Crippen LogP contribution is 2.21. The summed E-state index contributed by atoms with van der Waals surface area (Å²) in [6.07, 6.45) is 0. The molecule has 0 spiro atoms. The van der Waals surface area contributed by atoms with Crippen molar-refractivity contribution in [3.63, 3.8) is 0 Å². The molecule has 92 valence electrons. The molecule has 0 unspecified atom stereocenters. The molecule has 0 saturated heterocycles. The normalized spacial score (nSPS) is 10.6. The van der Waals surface area contributed by atoms with Gasteiger partial charge in [-0.2, -0.15) is 0 Å². The molecular weight excluding hydrogens is 230 g/mol. The zero-order valence-corrected chi connectivity index (χ0v) is 10.9. The van der Waals surface area contributed by atoms with Crippen LogP contribution in [0.15, 0.2) is 66.7 Å². The number of aryl methyl sites for hydroxylation is 1. The highest BCUT2D eigenvalue weighted by atomic mass is 14.4. The van der Waals surface area contributed by atoms with Gasteiger partial charge in [-0.15, -0.1) is 0 Å². The number of nitrogens with one attached hydrogen (secondary N) is 1. The topological polar surface area (TPSA) is 23.9 Å². The minimum Gasteiger partial charge on any atom is -0.300 e. The molecule has 0 atom stereocenters. The summed E-state index contributed by atoms with van der Waals surface area (Å²) in [4.78, 5) is 0. The maximum Gasteiger partial charge on any atom is 0.0690 e. The van der Waals surface area contributed by atoms with Crippen molar-refractivity contribution in [1.82, 2.24) is 0 Å². The molecular formula is C18H15N. The van der Waals surface area contributed by atoms with Gasteiger partial charge in [0.15, 0.2) is 0 Å². The fourth-order valence-corrected chi connectivity index (χ4v) is 2.32. The molecule has 19 heavy (non-hydrogen) atoms. The van der Waals surface area contributed by atoms with Gasteiger partial charge in [0, 0.05) is 11.1 Å². The lowest BCUT2D eigenvalue weighted by Gasteiger charge is -2.08. The summed E-state index contributed by atoms with van der Waals surface area (Å²) in [7, 11) is 0. The molecule has 3 rings (SSSR count). The summed E-state index contributed by atoms with van der Waals surface area (Å²) >= 11 is 0. The molecule has 3 aromatic rings. The molecule has 1 heteroatoms. The van der Waals surface area contributed by atoms with Crippen molar-refractivity contribution in [2.24, 2.45) is 0 Å². The zero-order chi connectivity index (χ0) is 13.2. The van der Waals surface area contributed by atoms with Crippen LogP contribution in [0.5, 0.6) is 0 Å². The van der Waals surface area contributed by atoms with Crippen LogP contribution in [0, 0.1) is 12.3 Å². The molecule has 3 aromatic carbocycles. The van der Waals surface area contributed by atoms with E-state index in [1.165, 1.54) is 10.9 Å². The van der Waals surface area contributed by atoms with E-state index in [1.807, 2.05) is 36.4 Å². The standard InChI is InChI=1S/C18H15N/c1-13-9-11-15(12-10-13)18(19)17-8-4-6-14-5-2-3-7-16(14)17/h2-12,19H,1H3. The molecule has 0 aliphatic rings. The molecule has 0 fully saturated rings. The van der Waals surface area contributed by atoms with Crippen molar-refractivity contribution < 1.29 is 0 Å². The zero-order valence-electron chi connectivity index (χ0n) is 10.9. The fraction of sp³-hybridized carbons (Fsp3) is 0.0556. The SMILES string of the molecule is Cc1ccc(C(=N)c2cccc3ccccc23)cc1. The Kier molecular flexibility index (Phi) is 2.88. The van der Waals surface area contributed by atoms with Crippen molar-refractivity contribution in [1.29, 1.82) is 5.41 Å². The first-order valence-electron chi connectivity index (χ1n) is 6.39. The maximum atomic E-state index is 8.42. The van der Waals surface area contributed by atoms with Crippen LogP contribution in [0.3, 0.4) is 0 Å². The number of benzene rings is 3. The van der Waals surface area contributed by atoms with Crippen molar-refractivity contribution >= 4 is 16.5 Å². The highest BCUT2D eigenvalue weighted by molar-refractivity contribution is 6.17. The van der Waals surface area contributed by atoms with E-state index in [4.69, 9.17) is 5.41 Å². The Morgan fingerprint density at radius 2 is 1.47 bits per heavy atom. The average molecular weight is 245 g/mol. The van der Waals surface area contributed by atoms with Crippen LogP contribution in [0.1, 0.15) is 16.7 Å². The number of rotatable bonds is 2. The molecule has 0 saturated carbocycles. The fourth-order valence-electron chi connectivity index (χ4n) is 2.32. The molecule has 0 bridgehead atoms. The van der Waals surface area contributed by atoms with Gasteiger partial charge in [-0.3, -0.25) is 5.41 Å². The summed E-state index contributed by atoms with van der Waals surface area (Å²) in [6.45, 7) is 2.06. The van der Waals surface area contributed by atoms with Gasteiger partial charge in [-0.05, 0) is 17.7 Å². The lowest BCUT2D eigenvalue weighted by molar-refractivity contribution is 1.43. The third-order valence-electron chi connectivity index (χ3n) is 3.40. The van der Waals surface area contributed by atoms with Crippen LogP contribution >= 0.6 is 0 Å². The van der Waals surface area contributed by atoms with Gasteiger partial charge in [0.05, 0.1) is 5.71 Å². The van der Waals surface area contributed by atoms with Crippen molar-refractivity contribution in [2.75, 3.05) is 0 Å². The predicted molar refractivity (Wildman–Crippen MR) is 81.1 cm³/mol. The molecule has 0 heterocycles. The number of hydrogen-bond donors (Lipinski definition) is 1. The minimum atomic E-state index is 0.580. The Hall–Kier alpha value is -2.41. The minimum absolute atomic E-state index is 0.580. The van der Waals surface area contributed by atoms with Gasteiger partial charge < -0.3 is 0 Å². The summed E-state index contributed by atoms with van der Waals surface area (Å²) in [5.74, 6) is 0. The van der Waals surface area contributed by atoms with Gasteiger partial charge >= 0.3 is 0 Å². The second-order valence-corrected chi connectivity index (χ2v) is 4.77. The van der Waals surface area contributed by atoms with Crippen molar-refractivity contribution in [2.45, 2.75) is 6.92 Å². The molecule has 0 amide bonds. The van der Waals surface area contributed by atoms with E-state index in [-0.39, 0.29) is 0 Å². The molecule has 0 aliphatic carbocycles. The lowest BCUT2D eigenvalue weighted by Crippen LogP contribution is -2.02. The summed E-state index contributed by atoms with van der Waals surface area (Å²) in [5, 5.41) is 10.7. The van der Waals surface area contributed by atoms with Crippen LogP contribution in [-0.4, -0.2) is 5.71 Å². The molecule has 0 aromatic heterocycles. The summed E-state index contributed by atoms with van der Waals surface area (Å²) in [6, 6.07) is 22.5. The largest absolute Gasteiger partial charge is 0.300 e. The quantitative estimate of drug-likeness (QED) is 0.640. The Balaban J connectivity index is 2.14. The van der Waals surface area contributed by atoms with Crippen molar-refractivity contribution in [3.05, 3.63) is 83.4 Å². The Labute approximate surface area is 113 Å². The lowest BCUT2D eigenvalue weighted by atomic mass is 9.96. The van der Waals surface area contributed by atoms with E-state index in [0.717, 1.165) is 16.5 Å². The first-order chi connectivity index (χ1) is 9.25. The van der Waals surface area contributed by atoms with E-state index in [2.05, 4.69) is 37.3 Å². The first kappa shape index (κ1) is 11.7. The number of fused-ring (bicyclic) bond motifs is 1. The van der Waals surface area contributed by atoms with Gasteiger partial charge in [0.1, 0.15) is 0 Å². The van der Waals surface area contributed by atoms with Crippen LogP contribution in [0.2, 0.25) is 0 Å². The summed E-state index contributed by atoms with van der Waals surface area (Å²) < 4.78 is 0. The highest BCUT2D eigenvalue weighted by Gasteiger charge is 2.07. The van der Waals surface area contributed by atoms with Crippen LogP contribution in [-0.2, 0) is 0 Å². The van der Waals surface area contributed by atoms with Gasteiger partial charge in [-0.1, -0.05) is 72.3 Å². The smallest absolute Gasteiger partial charge is 0.0690 e. The van der Waals surface area contributed by atoms with Gasteiger partial charge in [0.25, 0.3) is 0 Å². The average Bonchev–Trinajstić information content (AvgIpc) is 2.47. The second-order valence-electron chi connectivity index (χ2n) is 4.77. The van der Waals surface area contributed by atoms with Crippen LogP contribution < -0.4 is 0 Å². The van der Waals surface area contributed by atoms with Crippen LogP contribution in [0.25, 0.3) is 10.8 Å². The Morgan fingerprint density at radius 3 is 2.26 bits per heavy atom. The van der Waals surface area contributed by atoms with Gasteiger partial charge in [0.2, 0.25) is 0 Å². The molecule has 1 N–H and O–H groups in total. The van der Waals surface area contributed by atoms with Gasteiger partial charge in [-0.25, -0.2) is 0 Å². The third kappa shape index (κ3) is 2.15. The Bertz CT molecular complexity index is 734. The number of hydrogen-bond acceptors (Lipinski definition) is 1. The maximum absolute atomic E-state index is 8.42.